The standard InChI is InChI=1S/C16H23ClN4O2/c1-16(2,3)23-15(22)21-8-6-20(7-9-21)14-12(11-4-5-11)13(17)18-10-19-14/h10-11H,4-9H2,1-3H3. The van der Waals surface area contributed by atoms with Crippen molar-refractivity contribution in [2.75, 3.05) is 31.1 Å². The van der Waals surface area contributed by atoms with Gasteiger partial charge >= 0.3 is 6.09 Å². The highest BCUT2D eigenvalue weighted by Gasteiger charge is 2.33. The fourth-order valence-electron chi connectivity index (χ4n) is 2.77. The van der Waals surface area contributed by atoms with E-state index in [2.05, 4.69) is 14.9 Å². The monoisotopic (exact) mass is 338 g/mol. The molecule has 1 aromatic heterocycles. The first kappa shape index (κ1) is 16.3. The van der Waals surface area contributed by atoms with Crippen LogP contribution in [0.25, 0.3) is 0 Å². The first-order valence-electron chi connectivity index (χ1n) is 8.08. The summed E-state index contributed by atoms with van der Waals surface area (Å²) in [5.74, 6) is 1.42. The molecule has 6 nitrogen and oxygen atoms in total. The molecule has 7 heteroatoms. The average molecular weight is 339 g/mol. The molecular formula is C16H23ClN4O2. The molecule has 1 saturated carbocycles. The Balaban J connectivity index is 1.66. The summed E-state index contributed by atoms with van der Waals surface area (Å²) < 4.78 is 5.43. The maximum Gasteiger partial charge on any atom is 0.410 e. The fourth-order valence-corrected chi connectivity index (χ4v) is 3.05. The van der Waals surface area contributed by atoms with Gasteiger partial charge in [0.2, 0.25) is 0 Å². The summed E-state index contributed by atoms with van der Waals surface area (Å²) in [6.45, 7) is 8.35. The molecule has 3 rings (SSSR count). The zero-order valence-corrected chi connectivity index (χ0v) is 14.6. The third-order valence-electron chi connectivity index (χ3n) is 4.03. The first-order chi connectivity index (χ1) is 10.8. The SMILES string of the molecule is CC(C)(C)OC(=O)N1CCN(c2ncnc(Cl)c2C2CC2)CC1. The zero-order chi connectivity index (χ0) is 16.6. The number of anilines is 1. The van der Waals surface area contributed by atoms with Crippen molar-refractivity contribution in [3.05, 3.63) is 17.0 Å². The van der Waals surface area contributed by atoms with Gasteiger partial charge in [-0.3, -0.25) is 0 Å². The van der Waals surface area contributed by atoms with Crippen LogP contribution in [0.3, 0.4) is 0 Å². The Kier molecular flexibility index (Phi) is 4.36. The summed E-state index contributed by atoms with van der Waals surface area (Å²) in [7, 11) is 0. The molecule has 0 aromatic carbocycles. The minimum Gasteiger partial charge on any atom is -0.444 e. The van der Waals surface area contributed by atoms with Gasteiger partial charge in [-0.15, -0.1) is 0 Å². The fraction of sp³-hybridized carbons (Fsp3) is 0.688. The Bertz CT molecular complexity index is 590. The third-order valence-corrected chi connectivity index (χ3v) is 4.33. The molecule has 2 aliphatic rings. The molecule has 1 saturated heterocycles. The smallest absolute Gasteiger partial charge is 0.410 e. The first-order valence-corrected chi connectivity index (χ1v) is 8.46. The van der Waals surface area contributed by atoms with Gasteiger partial charge in [0.1, 0.15) is 22.9 Å². The number of ether oxygens (including phenoxy) is 1. The van der Waals surface area contributed by atoms with Crippen LogP contribution < -0.4 is 4.90 Å². The van der Waals surface area contributed by atoms with Crippen molar-refractivity contribution >= 4 is 23.5 Å². The molecule has 126 valence electrons. The van der Waals surface area contributed by atoms with Crippen molar-refractivity contribution in [1.82, 2.24) is 14.9 Å². The number of rotatable bonds is 2. The van der Waals surface area contributed by atoms with Crippen LogP contribution in [0.4, 0.5) is 10.6 Å². The predicted octanol–water partition coefficient (Wildman–Crippen LogP) is 3.06. The van der Waals surface area contributed by atoms with Gasteiger partial charge in [0.15, 0.2) is 0 Å². The maximum atomic E-state index is 12.1. The molecule has 23 heavy (non-hydrogen) atoms. The number of aromatic nitrogens is 2. The summed E-state index contributed by atoms with van der Waals surface area (Å²) in [4.78, 5) is 24.7. The summed E-state index contributed by atoms with van der Waals surface area (Å²) in [5, 5.41) is 0.562. The van der Waals surface area contributed by atoms with Crippen LogP contribution in [0.2, 0.25) is 5.15 Å². The van der Waals surface area contributed by atoms with E-state index in [0.29, 0.717) is 24.2 Å². The van der Waals surface area contributed by atoms with Gasteiger partial charge < -0.3 is 14.5 Å². The van der Waals surface area contributed by atoms with Crippen LogP contribution in [0.1, 0.15) is 45.1 Å². The Morgan fingerprint density at radius 2 is 1.87 bits per heavy atom. The van der Waals surface area contributed by atoms with Crippen LogP contribution >= 0.6 is 11.6 Å². The number of nitrogens with zero attached hydrogens (tertiary/aromatic N) is 4. The lowest BCUT2D eigenvalue weighted by Crippen LogP contribution is -2.50. The molecule has 0 spiro atoms. The molecule has 0 unspecified atom stereocenters. The normalized spacial score (nSPS) is 19.0. The van der Waals surface area contributed by atoms with E-state index in [1.54, 1.807) is 4.90 Å². The lowest BCUT2D eigenvalue weighted by Gasteiger charge is -2.36. The minimum absolute atomic E-state index is 0.250. The second-order valence-electron chi connectivity index (χ2n) is 7.13. The Labute approximate surface area is 141 Å². The third kappa shape index (κ3) is 3.86. The second-order valence-corrected chi connectivity index (χ2v) is 7.49. The van der Waals surface area contributed by atoms with Crippen LogP contribution in [0, 0.1) is 0 Å². The molecule has 0 N–H and O–H groups in total. The topological polar surface area (TPSA) is 58.6 Å². The van der Waals surface area contributed by atoms with Crippen molar-refractivity contribution in [3.63, 3.8) is 0 Å². The predicted molar refractivity (Wildman–Crippen MR) is 89.0 cm³/mol. The van der Waals surface area contributed by atoms with Gasteiger partial charge in [-0.1, -0.05) is 11.6 Å². The Hall–Kier alpha value is -1.56. The van der Waals surface area contributed by atoms with E-state index in [-0.39, 0.29) is 6.09 Å². The number of halogens is 1. The number of piperazine rings is 1. The molecule has 1 aliphatic carbocycles. The number of hydrogen-bond acceptors (Lipinski definition) is 5. The summed E-state index contributed by atoms with van der Waals surface area (Å²) in [5.41, 5.74) is 0.605. The number of amides is 1. The van der Waals surface area contributed by atoms with Gasteiger partial charge in [-0.25, -0.2) is 14.8 Å². The minimum atomic E-state index is -0.465. The highest BCUT2D eigenvalue weighted by molar-refractivity contribution is 6.30. The lowest BCUT2D eigenvalue weighted by atomic mass is 10.1. The maximum absolute atomic E-state index is 12.1. The zero-order valence-electron chi connectivity index (χ0n) is 13.9. The summed E-state index contributed by atoms with van der Waals surface area (Å²) in [6.07, 6.45) is 3.57. The van der Waals surface area contributed by atoms with Crippen molar-refractivity contribution in [2.45, 2.75) is 45.1 Å². The highest BCUT2D eigenvalue weighted by Crippen LogP contribution is 2.46. The van der Waals surface area contributed by atoms with Gasteiger partial charge in [-0.05, 0) is 39.5 Å². The summed E-state index contributed by atoms with van der Waals surface area (Å²) in [6, 6.07) is 0. The molecule has 2 fully saturated rings. The average Bonchev–Trinajstić information content (AvgIpc) is 3.30. The van der Waals surface area contributed by atoms with Crippen molar-refractivity contribution in [3.8, 4) is 0 Å². The molecule has 1 aliphatic heterocycles. The number of hydrogen-bond donors (Lipinski definition) is 0. The molecular weight excluding hydrogens is 316 g/mol. The van der Waals surface area contributed by atoms with Crippen LogP contribution in [-0.2, 0) is 4.74 Å². The molecule has 0 bridgehead atoms. The van der Waals surface area contributed by atoms with Crippen molar-refractivity contribution in [2.24, 2.45) is 0 Å². The van der Waals surface area contributed by atoms with E-state index < -0.39 is 5.60 Å². The summed E-state index contributed by atoms with van der Waals surface area (Å²) >= 11 is 6.27. The van der Waals surface area contributed by atoms with Crippen LogP contribution in [-0.4, -0.2) is 52.7 Å². The van der Waals surface area contributed by atoms with E-state index >= 15 is 0 Å². The second kappa shape index (κ2) is 6.15. The van der Waals surface area contributed by atoms with Gasteiger partial charge in [0.25, 0.3) is 0 Å². The van der Waals surface area contributed by atoms with Gasteiger partial charge in [0, 0.05) is 31.7 Å². The number of carbonyl (C=O) groups is 1. The van der Waals surface area contributed by atoms with Crippen LogP contribution in [0.5, 0.6) is 0 Å². The Morgan fingerprint density at radius 3 is 2.43 bits per heavy atom. The molecule has 2 heterocycles. The van der Waals surface area contributed by atoms with E-state index in [4.69, 9.17) is 16.3 Å². The van der Waals surface area contributed by atoms with E-state index in [1.165, 1.54) is 6.33 Å². The van der Waals surface area contributed by atoms with Crippen molar-refractivity contribution in [1.29, 1.82) is 0 Å². The molecule has 1 aromatic rings. The van der Waals surface area contributed by atoms with E-state index in [1.807, 2.05) is 20.8 Å². The molecule has 1 amide bonds. The largest absolute Gasteiger partial charge is 0.444 e. The quantitative estimate of drug-likeness (QED) is 0.776. The number of carbonyl (C=O) groups excluding carboxylic acids is 1. The van der Waals surface area contributed by atoms with Gasteiger partial charge in [-0.2, -0.15) is 0 Å². The van der Waals surface area contributed by atoms with E-state index in [0.717, 1.165) is 37.3 Å². The molecule has 0 radical (unpaired) electrons. The Morgan fingerprint density at radius 1 is 1.22 bits per heavy atom. The van der Waals surface area contributed by atoms with E-state index in [9.17, 15) is 4.79 Å². The van der Waals surface area contributed by atoms with Gasteiger partial charge in [0.05, 0.1) is 0 Å². The van der Waals surface area contributed by atoms with Crippen molar-refractivity contribution < 1.29 is 9.53 Å². The lowest BCUT2D eigenvalue weighted by molar-refractivity contribution is 0.0240. The molecule has 0 atom stereocenters. The van der Waals surface area contributed by atoms with Crippen LogP contribution in [0.15, 0.2) is 6.33 Å². The highest BCUT2D eigenvalue weighted by atomic mass is 35.5.